The summed E-state index contributed by atoms with van der Waals surface area (Å²) in [6.07, 6.45) is 5.60. The second-order valence-corrected chi connectivity index (χ2v) is 5.87. The highest BCUT2D eigenvalue weighted by Gasteiger charge is 2.22. The van der Waals surface area contributed by atoms with Crippen LogP contribution in [0.5, 0.6) is 0 Å². The zero-order valence-corrected chi connectivity index (χ0v) is 10.8. The average molecular weight is 240 g/mol. The van der Waals surface area contributed by atoms with Crippen LogP contribution < -0.4 is 0 Å². The first-order valence-corrected chi connectivity index (χ1v) is 6.78. The van der Waals surface area contributed by atoms with Crippen LogP contribution in [0.2, 0.25) is 0 Å². The molecule has 1 fully saturated rings. The third-order valence-electron chi connectivity index (χ3n) is 3.41. The number of aromatic nitrogens is 1. The van der Waals surface area contributed by atoms with Crippen molar-refractivity contribution >= 4 is 11.3 Å². The summed E-state index contributed by atoms with van der Waals surface area (Å²) in [6, 6.07) is 0.670. The standard InChI is InChI=1S/C12H20N2OS/c1-9(8-15)11-7-13-12(16-11)6-10-4-3-5-14(10)2/h7,9-10,15H,3-6,8H2,1-2H3. The highest BCUT2D eigenvalue weighted by Crippen LogP contribution is 2.25. The van der Waals surface area contributed by atoms with Crippen LogP contribution in [0.4, 0.5) is 0 Å². The first-order chi connectivity index (χ1) is 7.70. The van der Waals surface area contributed by atoms with E-state index in [1.54, 1.807) is 11.3 Å². The van der Waals surface area contributed by atoms with Gasteiger partial charge in [0.05, 0.1) is 11.6 Å². The summed E-state index contributed by atoms with van der Waals surface area (Å²) in [5.41, 5.74) is 0. The zero-order chi connectivity index (χ0) is 11.5. The lowest BCUT2D eigenvalue weighted by atomic mass is 10.1. The van der Waals surface area contributed by atoms with Gasteiger partial charge in [-0.25, -0.2) is 4.98 Å². The Bertz CT molecular complexity index is 340. The van der Waals surface area contributed by atoms with E-state index in [9.17, 15) is 0 Å². The fourth-order valence-corrected chi connectivity index (χ4v) is 3.21. The summed E-state index contributed by atoms with van der Waals surface area (Å²) in [5.74, 6) is 0.229. The summed E-state index contributed by atoms with van der Waals surface area (Å²) >= 11 is 1.76. The molecule has 0 radical (unpaired) electrons. The first kappa shape index (κ1) is 12.0. The van der Waals surface area contributed by atoms with Gasteiger partial charge in [0, 0.05) is 29.5 Å². The van der Waals surface area contributed by atoms with Gasteiger partial charge in [-0.15, -0.1) is 11.3 Å². The monoisotopic (exact) mass is 240 g/mol. The zero-order valence-electron chi connectivity index (χ0n) is 10.0. The summed E-state index contributed by atoms with van der Waals surface area (Å²) in [5, 5.41) is 10.3. The Kier molecular flexibility index (Phi) is 3.95. The molecular formula is C12H20N2OS. The maximum absolute atomic E-state index is 9.09. The van der Waals surface area contributed by atoms with Crippen LogP contribution in [0.25, 0.3) is 0 Å². The fraction of sp³-hybridized carbons (Fsp3) is 0.750. The molecule has 1 aromatic rings. The van der Waals surface area contributed by atoms with Gasteiger partial charge in [-0.1, -0.05) is 6.92 Å². The summed E-state index contributed by atoms with van der Waals surface area (Å²) in [6.45, 7) is 3.47. The van der Waals surface area contributed by atoms with Crippen LogP contribution in [0, 0.1) is 0 Å². The lowest BCUT2D eigenvalue weighted by Gasteiger charge is -2.17. The van der Waals surface area contributed by atoms with E-state index in [2.05, 4.69) is 16.9 Å². The molecule has 0 amide bonds. The smallest absolute Gasteiger partial charge is 0.0943 e. The molecule has 2 rings (SSSR count). The lowest BCUT2D eigenvalue weighted by Crippen LogP contribution is -2.26. The van der Waals surface area contributed by atoms with Crippen molar-refractivity contribution in [2.45, 2.75) is 38.1 Å². The maximum atomic E-state index is 9.09. The van der Waals surface area contributed by atoms with Crippen molar-refractivity contribution in [3.8, 4) is 0 Å². The van der Waals surface area contributed by atoms with Crippen molar-refractivity contribution in [3.05, 3.63) is 16.1 Å². The Morgan fingerprint density at radius 1 is 1.69 bits per heavy atom. The number of aliphatic hydroxyl groups is 1. The van der Waals surface area contributed by atoms with Crippen molar-refractivity contribution in [1.29, 1.82) is 0 Å². The van der Waals surface area contributed by atoms with Gasteiger partial charge in [0.1, 0.15) is 0 Å². The molecule has 16 heavy (non-hydrogen) atoms. The molecule has 1 N–H and O–H groups in total. The minimum Gasteiger partial charge on any atom is -0.396 e. The summed E-state index contributed by atoms with van der Waals surface area (Å²) in [7, 11) is 2.20. The lowest BCUT2D eigenvalue weighted by molar-refractivity contribution is 0.274. The van der Waals surface area contributed by atoms with Crippen molar-refractivity contribution in [1.82, 2.24) is 9.88 Å². The number of hydrogen-bond acceptors (Lipinski definition) is 4. The molecule has 90 valence electrons. The summed E-state index contributed by atoms with van der Waals surface area (Å²) < 4.78 is 0. The number of likely N-dealkylation sites (tertiary alicyclic amines) is 1. The number of thiazole rings is 1. The quantitative estimate of drug-likeness (QED) is 0.873. The van der Waals surface area contributed by atoms with Crippen molar-refractivity contribution in [3.63, 3.8) is 0 Å². The number of hydrogen-bond donors (Lipinski definition) is 1. The Morgan fingerprint density at radius 2 is 2.50 bits per heavy atom. The van der Waals surface area contributed by atoms with E-state index in [4.69, 9.17) is 5.11 Å². The van der Waals surface area contributed by atoms with Crippen LogP contribution >= 0.6 is 11.3 Å². The van der Waals surface area contributed by atoms with Gasteiger partial charge < -0.3 is 10.0 Å². The van der Waals surface area contributed by atoms with Crippen LogP contribution in [0.1, 0.15) is 35.6 Å². The maximum Gasteiger partial charge on any atom is 0.0943 e. The molecule has 4 heteroatoms. The Labute approximate surface area is 101 Å². The largest absolute Gasteiger partial charge is 0.396 e. The van der Waals surface area contributed by atoms with E-state index in [0.29, 0.717) is 6.04 Å². The number of aliphatic hydroxyl groups excluding tert-OH is 1. The van der Waals surface area contributed by atoms with E-state index < -0.39 is 0 Å². The van der Waals surface area contributed by atoms with Crippen LogP contribution in [-0.4, -0.2) is 41.2 Å². The van der Waals surface area contributed by atoms with Gasteiger partial charge >= 0.3 is 0 Å². The topological polar surface area (TPSA) is 36.4 Å². The molecule has 2 heterocycles. The number of nitrogens with zero attached hydrogens (tertiary/aromatic N) is 2. The summed E-state index contributed by atoms with van der Waals surface area (Å²) in [4.78, 5) is 8.10. The molecule has 1 saturated heterocycles. The predicted molar refractivity (Wildman–Crippen MR) is 67.0 cm³/mol. The Hall–Kier alpha value is -0.450. The Morgan fingerprint density at radius 3 is 3.12 bits per heavy atom. The van der Waals surface area contributed by atoms with E-state index >= 15 is 0 Å². The van der Waals surface area contributed by atoms with Crippen molar-refractivity contribution in [2.75, 3.05) is 20.2 Å². The van der Waals surface area contributed by atoms with E-state index in [-0.39, 0.29) is 12.5 Å². The molecule has 0 bridgehead atoms. The number of rotatable bonds is 4. The molecule has 0 aromatic carbocycles. The molecule has 1 aliphatic rings. The third kappa shape index (κ3) is 2.62. The molecule has 2 unspecified atom stereocenters. The molecule has 3 nitrogen and oxygen atoms in total. The SMILES string of the molecule is CC(CO)c1cnc(CC2CCCN2C)s1. The van der Waals surface area contributed by atoms with Gasteiger partial charge in [-0.3, -0.25) is 0 Å². The highest BCUT2D eigenvalue weighted by atomic mass is 32.1. The van der Waals surface area contributed by atoms with E-state index in [1.807, 2.05) is 13.1 Å². The van der Waals surface area contributed by atoms with Crippen LogP contribution in [0.15, 0.2) is 6.20 Å². The average Bonchev–Trinajstić information content (AvgIpc) is 2.89. The third-order valence-corrected chi connectivity index (χ3v) is 4.66. The molecule has 0 aliphatic carbocycles. The second-order valence-electron chi connectivity index (χ2n) is 4.72. The van der Waals surface area contributed by atoms with Gasteiger partial charge in [0.15, 0.2) is 0 Å². The van der Waals surface area contributed by atoms with E-state index in [0.717, 1.165) is 6.42 Å². The minimum absolute atomic E-state index is 0.213. The normalized spacial score (nSPS) is 23.8. The molecule has 0 saturated carbocycles. The molecule has 2 atom stereocenters. The Balaban J connectivity index is 1.97. The van der Waals surface area contributed by atoms with Crippen LogP contribution in [-0.2, 0) is 6.42 Å². The van der Waals surface area contributed by atoms with Gasteiger partial charge in [0.25, 0.3) is 0 Å². The minimum atomic E-state index is 0.213. The first-order valence-electron chi connectivity index (χ1n) is 5.96. The molecule has 0 spiro atoms. The van der Waals surface area contributed by atoms with Gasteiger partial charge in [-0.2, -0.15) is 0 Å². The van der Waals surface area contributed by atoms with Crippen molar-refractivity contribution in [2.24, 2.45) is 0 Å². The fourth-order valence-electron chi connectivity index (χ4n) is 2.18. The predicted octanol–water partition coefficient (Wildman–Crippen LogP) is 1.88. The molecular weight excluding hydrogens is 220 g/mol. The van der Waals surface area contributed by atoms with E-state index in [1.165, 1.54) is 29.3 Å². The van der Waals surface area contributed by atoms with Crippen LogP contribution in [0.3, 0.4) is 0 Å². The highest BCUT2D eigenvalue weighted by molar-refractivity contribution is 7.11. The number of likely N-dealkylation sites (N-methyl/N-ethyl adjacent to an activating group) is 1. The molecule has 1 aliphatic heterocycles. The van der Waals surface area contributed by atoms with Gasteiger partial charge in [0.2, 0.25) is 0 Å². The van der Waals surface area contributed by atoms with Crippen molar-refractivity contribution < 1.29 is 5.11 Å². The molecule has 1 aromatic heterocycles. The van der Waals surface area contributed by atoms with Gasteiger partial charge in [-0.05, 0) is 26.4 Å². The second kappa shape index (κ2) is 5.25.